The second-order valence-corrected chi connectivity index (χ2v) is 24.4. The van der Waals surface area contributed by atoms with Gasteiger partial charge in [0.05, 0.1) is 45.2 Å². The number of aliphatic hydroxyl groups is 19. The first-order valence-corrected chi connectivity index (χ1v) is 30.4. The van der Waals surface area contributed by atoms with Gasteiger partial charge in [-0.25, -0.2) is 0 Å². The van der Waals surface area contributed by atoms with Crippen molar-refractivity contribution < 1.29 is 183 Å². The number of ether oxygens (including phenoxy) is 14. The van der Waals surface area contributed by atoms with Crippen molar-refractivity contribution in [2.75, 3.05) is 56.0 Å². The number of carboxylic acids is 2. The van der Waals surface area contributed by atoms with E-state index in [0.717, 1.165) is 23.5 Å². The molecule has 21 saturated heterocycles. The van der Waals surface area contributed by atoms with Gasteiger partial charge < -0.3 is 185 Å². The van der Waals surface area contributed by atoms with Crippen molar-refractivity contribution in [1.29, 1.82) is 0 Å². The average Bonchev–Trinajstić information content (AvgIpc) is 0.983. The van der Waals surface area contributed by atoms with Gasteiger partial charge in [0.1, 0.15) is 171 Å². The minimum absolute atomic E-state index is 0.319. The first-order valence-electron chi connectivity index (χ1n) is 28.1. The molecule has 14 bridgehead atoms. The Morgan fingerprint density at radius 3 is 0.596 bits per heavy atom. The number of thioether (sulfide) groups is 2. The number of hydrogen-bond acceptors (Lipinski definition) is 39. The summed E-state index contributed by atoms with van der Waals surface area (Å²) < 4.78 is 81.6. The molecule has 21 rings (SSSR count). The van der Waals surface area contributed by atoms with Crippen molar-refractivity contribution in [3.63, 3.8) is 0 Å². The number of nitrogens with two attached hydrogens (primary N) is 2. The van der Waals surface area contributed by atoms with E-state index >= 15 is 0 Å². The third-order valence-electron chi connectivity index (χ3n) is 16.2. The molecule has 0 aromatic heterocycles. The summed E-state index contributed by atoms with van der Waals surface area (Å²) in [6.07, 6.45) is -71.4. The van der Waals surface area contributed by atoms with Crippen LogP contribution >= 0.6 is 23.5 Å². The predicted octanol–water partition coefficient (Wildman–Crippen LogP) is -14.9. The van der Waals surface area contributed by atoms with Crippen LogP contribution in [0.2, 0.25) is 0 Å². The van der Waals surface area contributed by atoms with Gasteiger partial charge in [0.25, 0.3) is 0 Å². The van der Waals surface area contributed by atoms with Crippen LogP contribution in [0.15, 0.2) is 0 Å². The predicted molar refractivity (Wildman–Crippen MR) is 280 cm³/mol. The SMILES string of the molecule is N[C@H](CSCC1O[C@@H]2O[C@@H]3C(CO)O[C@@H](O[C@@H]4C(CO)O[C@@H](O[C@@H]5C(CSC[C@@H](N)C(=O)O)O[C@@H](O[C@@H]6C(CO)O[C@H](O[C@@H]7C(CO)O[C@@H](O[C@@H]8C(CO)O[C@@H](O[C@H]1[C@H](O)C2O)C(O)[C@H]8O)C(O)[C@H]7O)C(O)[C@H]6O)C(O)[C@H]5O)C(O)[C@H]4O)C(O)[C@H]3O)C(=O)O. The number of carboxylic acid groups (broad SMARTS) is 2. The van der Waals surface area contributed by atoms with Gasteiger partial charge in [-0.2, -0.15) is 23.5 Å². The molecule has 89 heavy (non-hydrogen) atoms. The number of aliphatic hydroxyl groups excluding tert-OH is 19. The van der Waals surface area contributed by atoms with Crippen molar-refractivity contribution in [3.8, 4) is 0 Å². The maximum Gasteiger partial charge on any atom is 0.321 e. The van der Waals surface area contributed by atoms with E-state index < -0.39 is 284 Å². The fourth-order valence-corrected chi connectivity index (χ4v) is 13.2. The standard InChI is InChI=1S/C48H80N2O37S2/c49-10(40(70)71)6-88-8-17-38-25(62)32(69)48(80-17)85-37-16(5-55)76-44(28(65)21(37)58)83-35-14(3-53)78-46(30(67)23(35)60)87-39-18(9-89-7-11(50)41(72)73)79-47(31(68)24(39)61)84-36-15(4-54)75-43(27(64)20(36)57)81-33-12(1-51)74-42(26(63)19(33)56)82-34-13(2-52)77-45(86-38)29(66)22(34)59/h10-39,42-48,51-69H,1-9,49-50H2,(H,70,71)(H,72,73)/t10-,11-,12?,13?,14?,15?,16?,17?,18?,19-,20-,21-,22-,23-,24-,25-,26?,27?,28?,29?,30?,31?,32?,33-,34-,35-,36-,37-,38-,39-,42+,43-,44+,45+,46+,47+,48-/m1/s1. The Morgan fingerprint density at radius 1 is 0.281 bits per heavy atom. The molecule has 0 aromatic carbocycles. The number of rotatable bonds is 15. The lowest BCUT2D eigenvalue weighted by molar-refractivity contribution is -0.395. The molecular weight excluding hydrogens is 1260 g/mol. The van der Waals surface area contributed by atoms with Crippen molar-refractivity contribution >= 4 is 35.5 Å². The van der Waals surface area contributed by atoms with Crippen molar-refractivity contribution in [3.05, 3.63) is 0 Å². The molecule has 516 valence electrons. The zero-order chi connectivity index (χ0) is 65.2. The zero-order valence-electron chi connectivity index (χ0n) is 46.6. The molecule has 25 N–H and O–H groups in total. The maximum absolute atomic E-state index is 11.7. The Bertz CT molecular complexity index is 2200. The lowest BCUT2D eigenvalue weighted by Gasteiger charge is -2.50. The Labute approximate surface area is 511 Å². The molecule has 14 unspecified atom stereocenters. The maximum atomic E-state index is 11.7. The Morgan fingerprint density at radius 2 is 0.438 bits per heavy atom. The molecule has 21 heterocycles. The minimum atomic E-state index is -2.27. The van der Waals surface area contributed by atoms with E-state index in [0.29, 0.717) is 0 Å². The molecule has 0 aliphatic carbocycles. The minimum Gasteiger partial charge on any atom is -0.480 e. The van der Waals surface area contributed by atoms with Gasteiger partial charge in [-0.1, -0.05) is 0 Å². The molecular formula is C48H80N2O37S2. The normalized spacial score (nSPS) is 50.1. The summed E-state index contributed by atoms with van der Waals surface area (Å²) in [5, 5.41) is 233. The number of aliphatic carboxylic acids is 2. The molecule has 0 aromatic rings. The fourth-order valence-electron chi connectivity index (χ4n) is 11.2. The summed E-state index contributed by atoms with van der Waals surface area (Å²) in [6.45, 7) is -5.43. The van der Waals surface area contributed by atoms with Gasteiger partial charge in [0.15, 0.2) is 44.0 Å². The quantitative estimate of drug-likeness (QED) is 0.0724. The van der Waals surface area contributed by atoms with Crippen LogP contribution in [-0.2, 0) is 75.9 Å². The summed E-state index contributed by atoms with van der Waals surface area (Å²) in [6, 6.07) is -2.94. The van der Waals surface area contributed by atoms with Crippen LogP contribution in [0.5, 0.6) is 0 Å². The van der Waals surface area contributed by atoms with E-state index in [2.05, 4.69) is 0 Å². The van der Waals surface area contributed by atoms with Crippen LogP contribution in [0.1, 0.15) is 0 Å². The topological polar surface area (TPSA) is 640 Å². The molecule has 39 nitrogen and oxygen atoms in total. The van der Waals surface area contributed by atoms with Crippen molar-refractivity contribution in [2.45, 2.75) is 227 Å². The summed E-state index contributed by atoms with van der Waals surface area (Å²) in [4.78, 5) is 23.2. The second-order valence-electron chi connectivity index (χ2n) is 22.3. The molecule has 37 atom stereocenters. The second kappa shape index (κ2) is 31.9. The molecule has 0 radical (unpaired) electrons. The van der Waals surface area contributed by atoms with E-state index in [9.17, 15) is 117 Å². The van der Waals surface area contributed by atoms with E-state index in [4.69, 9.17) is 77.8 Å². The van der Waals surface area contributed by atoms with Crippen LogP contribution in [0.3, 0.4) is 0 Å². The molecule has 0 spiro atoms. The summed E-state index contributed by atoms with van der Waals surface area (Å²) in [5.74, 6) is -4.26. The van der Waals surface area contributed by atoms with Gasteiger partial charge in [0, 0.05) is 23.0 Å². The average molecular weight is 1340 g/mol. The highest BCUT2D eigenvalue weighted by molar-refractivity contribution is 7.99. The first-order chi connectivity index (χ1) is 42.2. The van der Waals surface area contributed by atoms with Gasteiger partial charge in [-0.05, 0) is 0 Å². The Kier molecular flexibility index (Phi) is 26.2. The van der Waals surface area contributed by atoms with E-state index in [1.807, 2.05) is 0 Å². The van der Waals surface area contributed by atoms with E-state index in [1.54, 1.807) is 0 Å². The highest BCUT2D eigenvalue weighted by Gasteiger charge is 2.60. The smallest absolute Gasteiger partial charge is 0.321 e. The third kappa shape index (κ3) is 15.9. The van der Waals surface area contributed by atoms with Gasteiger partial charge in [0.2, 0.25) is 0 Å². The Hall–Kier alpha value is -1.76. The lowest BCUT2D eigenvalue weighted by atomic mass is 9.95. The lowest BCUT2D eigenvalue weighted by Crippen LogP contribution is -2.68. The first kappa shape index (κ1) is 73.1. The molecule has 21 aliphatic heterocycles. The van der Waals surface area contributed by atoms with Crippen molar-refractivity contribution in [1.82, 2.24) is 0 Å². The highest BCUT2D eigenvalue weighted by Crippen LogP contribution is 2.40. The van der Waals surface area contributed by atoms with Crippen LogP contribution in [-0.4, -0.2) is 402 Å². The van der Waals surface area contributed by atoms with E-state index in [-0.39, 0.29) is 11.5 Å². The van der Waals surface area contributed by atoms with Crippen LogP contribution in [0, 0.1) is 0 Å². The third-order valence-corrected chi connectivity index (χ3v) is 18.5. The van der Waals surface area contributed by atoms with Crippen LogP contribution in [0.25, 0.3) is 0 Å². The highest BCUT2D eigenvalue weighted by atomic mass is 32.2. The van der Waals surface area contributed by atoms with E-state index in [1.165, 1.54) is 0 Å². The summed E-state index contributed by atoms with van der Waals surface area (Å²) >= 11 is 1.60. The fraction of sp³-hybridized carbons (Fsp3) is 0.958. The monoisotopic (exact) mass is 1340 g/mol. The number of hydrogen-bond donors (Lipinski definition) is 23. The van der Waals surface area contributed by atoms with Crippen LogP contribution in [0.4, 0.5) is 0 Å². The Balaban J connectivity index is 1.11. The van der Waals surface area contributed by atoms with Crippen molar-refractivity contribution in [2.24, 2.45) is 11.5 Å². The van der Waals surface area contributed by atoms with Crippen LogP contribution < -0.4 is 11.5 Å². The number of carbonyl (C=O) groups is 2. The summed E-state index contributed by atoms with van der Waals surface area (Å²) in [5.41, 5.74) is 11.4. The summed E-state index contributed by atoms with van der Waals surface area (Å²) in [7, 11) is 0. The largest absolute Gasteiger partial charge is 0.480 e. The molecule has 21 aliphatic rings. The molecule has 41 heteroatoms. The van der Waals surface area contributed by atoms with Gasteiger partial charge in [-0.3, -0.25) is 9.59 Å². The van der Waals surface area contributed by atoms with Gasteiger partial charge >= 0.3 is 11.9 Å². The zero-order valence-corrected chi connectivity index (χ0v) is 48.3. The molecule has 21 fully saturated rings. The molecule has 0 amide bonds. The molecule has 0 saturated carbocycles. The van der Waals surface area contributed by atoms with Gasteiger partial charge in [-0.15, -0.1) is 0 Å².